The van der Waals surface area contributed by atoms with Crippen LogP contribution in [-0.4, -0.2) is 58.2 Å². The van der Waals surface area contributed by atoms with E-state index in [0.29, 0.717) is 13.0 Å². The molecule has 0 saturated carbocycles. The molecule has 6 heteroatoms. The van der Waals surface area contributed by atoms with Crippen LogP contribution in [0.5, 0.6) is 0 Å². The van der Waals surface area contributed by atoms with Gasteiger partial charge in [0.25, 0.3) is 0 Å². The van der Waals surface area contributed by atoms with Crippen molar-refractivity contribution >= 4 is 41.6 Å². The van der Waals surface area contributed by atoms with E-state index in [2.05, 4.69) is 0 Å². The van der Waals surface area contributed by atoms with Crippen molar-refractivity contribution < 1.29 is 19.4 Å². The fourth-order valence-electron chi connectivity index (χ4n) is 3.12. The number of carboxylic acid groups (broad SMARTS) is 1. The molecule has 1 aliphatic rings. The number of hydrogen-bond donors (Lipinski definition) is 1. The second-order valence-corrected chi connectivity index (χ2v) is 5.82. The summed E-state index contributed by atoms with van der Waals surface area (Å²) < 4.78 is 5.39. The van der Waals surface area contributed by atoms with E-state index in [0.717, 1.165) is 11.1 Å². The molecule has 1 aliphatic heterocycles. The van der Waals surface area contributed by atoms with Crippen molar-refractivity contribution in [3.05, 3.63) is 71.8 Å². The Kier molecular flexibility index (Phi) is 7.05. The molecule has 0 aromatic heterocycles. The van der Waals surface area contributed by atoms with Gasteiger partial charge in [-0.2, -0.15) is 0 Å². The Balaban J connectivity index is 0.00000225. The molecule has 0 aliphatic carbocycles. The van der Waals surface area contributed by atoms with E-state index in [-0.39, 0.29) is 36.2 Å². The number of amides is 1. The third-order valence-electron chi connectivity index (χ3n) is 4.30. The van der Waals surface area contributed by atoms with Crippen molar-refractivity contribution in [3.8, 4) is 0 Å². The van der Waals surface area contributed by atoms with Gasteiger partial charge in [0.1, 0.15) is 6.61 Å². The number of ether oxygens (including phenoxy) is 1. The maximum absolute atomic E-state index is 12.5. The van der Waals surface area contributed by atoms with Crippen LogP contribution in [0.1, 0.15) is 23.6 Å². The molecule has 25 heavy (non-hydrogen) atoms. The average Bonchev–Trinajstić information content (AvgIpc) is 3.07. The number of carboxylic acids is 1. The van der Waals surface area contributed by atoms with Gasteiger partial charge < -0.3 is 14.7 Å². The number of benzene rings is 2. The van der Waals surface area contributed by atoms with Crippen LogP contribution in [0, 0.1) is 5.92 Å². The average molecular weight is 349 g/mol. The van der Waals surface area contributed by atoms with E-state index in [1.807, 2.05) is 60.7 Å². The van der Waals surface area contributed by atoms with Crippen molar-refractivity contribution in [2.75, 3.05) is 6.54 Å². The van der Waals surface area contributed by atoms with Crippen LogP contribution in [-0.2, 0) is 16.1 Å². The van der Waals surface area contributed by atoms with E-state index >= 15 is 0 Å². The Hall–Kier alpha value is -1.82. The number of likely N-dealkylation sites (tertiary alicyclic amines) is 1. The molecule has 1 fully saturated rings. The van der Waals surface area contributed by atoms with Gasteiger partial charge in [0.2, 0.25) is 0 Å². The third-order valence-corrected chi connectivity index (χ3v) is 4.30. The monoisotopic (exact) mass is 349 g/mol. The van der Waals surface area contributed by atoms with Gasteiger partial charge in [-0.05, 0) is 17.5 Å². The SMILES string of the molecule is O=C(O)[C@H]1CCN(C(=O)OCc2ccccc2)[C@@H]1c1ccccc1.[NaH]. The summed E-state index contributed by atoms with van der Waals surface area (Å²) >= 11 is 0. The quantitative estimate of drug-likeness (QED) is 0.862. The summed E-state index contributed by atoms with van der Waals surface area (Å²) in [6.07, 6.45) is -0.0496. The Labute approximate surface area is 168 Å². The van der Waals surface area contributed by atoms with Crippen molar-refractivity contribution in [1.29, 1.82) is 0 Å². The van der Waals surface area contributed by atoms with Crippen LogP contribution in [0.3, 0.4) is 0 Å². The van der Waals surface area contributed by atoms with Crippen molar-refractivity contribution in [2.45, 2.75) is 19.1 Å². The molecule has 2 aromatic rings. The van der Waals surface area contributed by atoms with Crippen LogP contribution in [0.4, 0.5) is 4.79 Å². The van der Waals surface area contributed by atoms with E-state index in [9.17, 15) is 14.7 Å². The third kappa shape index (κ3) is 4.63. The molecule has 0 unspecified atom stereocenters. The van der Waals surface area contributed by atoms with E-state index in [4.69, 9.17) is 4.74 Å². The molecule has 2 atom stereocenters. The molecule has 126 valence electrons. The zero-order chi connectivity index (χ0) is 16.9. The second kappa shape index (κ2) is 9.04. The zero-order valence-electron chi connectivity index (χ0n) is 13.2. The maximum atomic E-state index is 12.5. The summed E-state index contributed by atoms with van der Waals surface area (Å²) in [7, 11) is 0. The minimum atomic E-state index is -0.887. The standard InChI is InChI=1S/C19H19NO4.Na.H/c21-18(22)16-11-12-20(17(16)15-9-5-2-6-10-15)19(23)24-13-14-7-3-1-4-8-14;;/h1-10,16-17H,11-13H2,(H,21,22);;/t16-,17+;;/m0../s1. The number of rotatable bonds is 4. The predicted octanol–water partition coefficient (Wildman–Crippen LogP) is 2.82. The van der Waals surface area contributed by atoms with E-state index in [1.54, 1.807) is 0 Å². The first-order valence-electron chi connectivity index (χ1n) is 7.92. The van der Waals surface area contributed by atoms with Crippen LogP contribution >= 0.6 is 0 Å². The first kappa shape index (κ1) is 19.5. The van der Waals surface area contributed by atoms with Gasteiger partial charge in [0.15, 0.2) is 0 Å². The van der Waals surface area contributed by atoms with E-state index < -0.39 is 24.0 Å². The summed E-state index contributed by atoms with van der Waals surface area (Å²) in [6, 6.07) is 18.2. The number of nitrogens with zero attached hydrogens (tertiary/aromatic N) is 1. The number of carbonyl (C=O) groups is 2. The minimum absolute atomic E-state index is 0. The molecule has 3 rings (SSSR count). The normalized spacial score (nSPS) is 19.1. The van der Waals surface area contributed by atoms with Crippen LogP contribution in [0.25, 0.3) is 0 Å². The van der Waals surface area contributed by atoms with E-state index in [1.165, 1.54) is 4.90 Å². The first-order valence-corrected chi connectivity index (χ1v) is 7.92. The van der Waals surface area contributed by atoms with Gasteiger partial charge in [0, 0.05) is 6.54 Å². The molecular formula is C19H20NNaO4. The van der Waals surface area contributed by atoms with Gasteiger partial charge >= 0.3 is 41.6 Å². The molecule has 0 bridgehead atoms. The van der Waals surface area contributed by atoms with Gasteiger partial charge in [-0.25, -0.2) is 4.79 Å². The van der Waals surface area contributed by atoms with Crippen LogP contribution in [0.2, 0.25) is 0 Å². The summed E-state index contributed by atoms with van der Waals surface area (Å²) in [4.78, 5) is 25.6. The summed E-state index contributed by atoms with van der Waals surface area (Å²) in [5, 5.41) is 9.47. The predicted molar refractivity (Wildman–Crippen MR) is 95.4 cm³/mol. The summed E-state index contributed by atoms with van der Waals surface area (Å²) in [5.41, 5.74) is 1.72. The Bertz CT molecular complexity index is 708. The van der Waals surface area contributed by atoms with Gasteiger partial charge in [-0.15, -0.1) is 0 Å². The molecule has 0 spiro atoms. The molecule has 1 saturated heterocycles. The summed E-state index contributed by atoms with van der Waals surface area (Å²) in [5.74, 6) is -1.50. The number of aliphatic carboxylic acids is 1. The van der Waals surface area contributed by atoms with Gasteiger partial charge in [-0.3, -0.25) is 4.79 Å². The molecule has 2 aromatic carbocycles. The first-order chi connectivity index (χ1) is 11.7. The Morgan fingerprint density at radius 1 is 1.04 bits per heavy atom. The fraction of sp³-hybridized carbons (Fsp3) is 0.263. The molecule has 1 N–H and O–H groups in total. The molecular weight excluding hydrogens is 329 g/mol. The van der Waals surface area contributed by atoms with Crippen molar-refractivity contribution in [3.63, 3.8) is 0 Å². The number of carbonyl (C=O) groups excluding carboxylic acids is 1. The second-order valence-electron chi connectivity index (χ2n) is 5.82. The van der Waals surface area contributed by atoms with Crippen molar-refractivity contribution in [2.24, 2.45) is 5.92 Å². The van der Waals surface area contributed by atoms with Crippen molar-refractivity contribution in [1.82, 2.24) is 4.90 Å². The van der Waals surface area contributed by atoms with Gasteiger partial charge in [0.05, 0.1) is 12.0 Å². The Morgan fingerprint density at radius 2 is 1.64 bits per heavy atom. The van der Waals surface area contributed by atoms with Gasteiger partial charge in [-0.1, -0.05) is 60.7 Å². The Morgan fingerprint density at radius 3 is 2.24 bits per heavy atom. The van der Waals surface area contributed by atoms with Crippen LogP contribution in [0.15, 0.2) is 60.7 Å². The molecule has 1 amide bonds. The topological polar surface area (TPSA) is 66.8 Å². The molecule has 0 radical (unpaired) electrons. The fourth-order valence-corrected chi connectivity index (χ4v) is 3.12. The summed E-state index contributed by atoms with van der Waals surface area (Å²) in [6.45, 7) is 0.555. The zero-order valence-corrected chi connectivity index (χ0v) is 13.2. The molecule has 5 nitrogen and oxygen atoms in total. The molecule has 1 heterocycles. The number of hydrogen-bond acceptors (Lipinski definition) is 3. The van der Waals surface area contributed by atoms with Crippen LogP contribution < -0.4 is 0 Å².